The van der Waals surface area contributed by atoms with E-state index in [-0.39, 0.29) is 11.7 Å². The number of ether oxygens (including phenoxy) is 1. The van der Waals surface area contributed by atoms with Gasteiger partial charge in [0.1, 0.15) is 17.1 Å². The fraction of sp³-hybridized carbons (Fsp3) is 0.0588. The molecule has 0 saturated heterocycles. The van der Waals surface area contributed by atoms with Crippen molar-refractivity contribution in [3.63, 3.8) is 0 Å². The minimum Gasteiger partial charge on any atom is -0.494 e. The van der Waals surface area contributed by atoms with Gasteiger partial charge in [0.2, 0.25) is 5.91 Å². The summed E-state index contributed by atoms with van der Waals surface area (Å²) in [5, 5.41) is 3.14. The molecule has 0 atom stereocenters. The van der Waals surface area contributed by atoms with Crippen molar-refractivity contribution in [2.24, 2.45) is 0 Å². The van der Waals surface area contributed by atoms with Crippen molar-refractivity contribution in [3.8, 4) is 5.75 Å². The van der Waals surface area contributed by atoms with Crippen molar-refractivity contribution in [2.45, 2.75) is 0 Å². The highest BCUT2D eigenvalue weighted by Gasteiger charge is 2.09. The molecular weight excluding hydrogens is 315 g/mol. The number of nitrogens with zero attached hydrogens (tertiary/aromatic N) is 1. The van der Waals surface area contributed by atoms with E-state index in [0.717, 1.165) is 4.70 Å². The maximum atomic E-state index is 13.5. The minimum absolute atomic E-state index is 0.355. The number of hydrogen-bond acceptors (Lipinski definition) is 4. The first-order valence-electron chi connectivity index (χ1n) is 6.84. The number of aromatic nitrogens is 1. The molecule has 2 aromatic carbocycles. The molecule has 1 heterocycles. The Labute approximate surface area is 136 Å². The number of halogens is 1. The van der Waals surface area contributed by atoms with Crippen LogP contribution in [0.25, 0.3) is 16.3 Å². The summed E-state index contributed by atoms with van der Waals surface area (Å²) in [6.07, 6.45) is 2.71. The molecule has 0 fully saturated rings. The fourth-order valence-corrected chi connectivity index (χ4v) is 2.95. The van der Waals surface area contributed by atoms with Gasteiger partial charge < -0.3 is 4.74 Å². The summed E-state index contributed by atoms with van der Waals surface area (Å²) < 4.78 is 19.6. The minimum atomic E-state index is -0.374. The van der Waals surface area contributed by atoms with E-state index in [4.69, 9.17) is 4.74 Å². The Balaban J connectivity index is 1.77. The van der Waals surface area contributed by atoms with Crippen molar-refractivity contribution in [1.82, 2.24) is 4.98 Å². The molecule has 0 aliphatic carbocycles. The van der Waals surface area contributed by atoms with Gasteiger partial charge >= 0.3 is 0 Å². The predicted molar refractivity (Wildman–Crippen MR) is 90.2 cm³/mol. The molecule has 0 radical (unpaired) electrons. The van der Waals surface area contributed by atoms with Crippen LogP contribution in [0.5, 0.6) is 5.75 Å². The number of hydrogen-bond donors (Lipinski definition) is 1. The largest absolute Gasteiger partial charge is 0.494 e. The van der Waals surface area contributed by atoms with Gasteiger partial charge in [-0.3, -0.25) is 10.1 Å². The molecule has 4 nitrogen and oxygen atoms in total. The van der Waals surface area contributed by atoms with Crippen molar-refractivity contribution in [2.75, 3.05) is 12.4 Å². The quantitative estimate of drug-likeness (QED) is 0.734. The first-order valence-corrected chi connectivity index (χ1v) is 7.66. The Morgan fingerprint density at radius 1 is 1.26 bits per heavy atom. The zero-order chi connectivity index (χ0) is 16.2. The molecule has 0 spiro atoms. The Morgan fingerprint density at radius 2 is 2.09 bits per heavy atom. The molecule has 23 heavy (non-hydrogen) atoms. The maximum absolute atomic E-state index is 13.5. The highest BCUT2D eigenvalue weighted by atomic mass is 32.1. The van der Waals surface area contributed by atoms with Crippen LogP contribution in [0.2, 0.25) is 0 Å². The SMILES string of the molecule is COc1cccc2sc(NC(=O)/C=C/c3ccccc3F)nc12. The van der Waals surface area contributed by atoms with Gasteiger partial charge in [0.05, 0.1) is 11.8 Å². The molecule has 1 N–H and O–H groups in total. The van der Waals surface area contributed by atoms with E-state index in [1.54, 1.807) is 25.3 Å². The van der Waals surface area contributed by atoms with Gasteiger partial charge in [-0.05, 0) is 24.3 Å². The number of amides is 1. The highest BCUT2D eigenvalue weighted by molar-refractivity contribution is 7.22. The molecule has 0 aliphatic heterocycles. The van der Waals surface area contributed by atoms with E-state index in [1.807, 2.05) is 18.2 Å². The number of thiazole rings is 1. The van der Waals surface area contributed by atoms with E-state index in [1.165, 1.54) is 29.6 Å². The number of benzene rings is 2. The average molecular weight is 328 g/mol. The summed E-state index contributed by atoms with van der Waals surface area (Å²) in [6.45, 7) is 0. The fourth-order valence-electron chi connectivity index (χ4n) is 2.06. The first kappa shape index (κ1) is 15.2. The topological polar surface area (TPSA) is 51.2 Å². The van der Waals surface area contributed by atoms with Crippen LogP contribution in [0.3, 0.4) is 0 Å². The van der Waals surface area contributed by atoms with Crippen LogP contribution < -0.4 is 10.1 Å². The van der Waals surface area contributed by atoms with Crippen LogP contribution in [-0.4, -0.2) is 18.0 Å². The number of nitrogens with one attached hydrogen (secondary N) is 1. The normalized spacial score (nSPS) is 11.0. The second-order valence-electron chi connectivity index (χ2n) is 4.67. The molecule has 0 unspecified atom stereocenters. The number of para-hydroxylation sites is 1. The molecule has 3 aromatic rings. The third kappa shape index (κ3) is 3.37. The second kappa shape index (κ2) is 6.58. The lowest BCUT2D eigenvalue weighted by Crippen LogP contribution is -2.07. The summed E-state index contributed by atoms with van der Waals surface area (Å²) in [6, 6.07) is 11.8. The van der Waals surface area contributed by atoms with Gasteiger partial charge in [-0.25, -0.2) is 9.37 Å². The highest BCUT2D eigenvalue weighted by Crippen LogP contribution is 2.32. The number of methoxy groups -OCH3 is 1. The Morgan fingerprint density at radius 3 is 2.87 bits per heavy atom. The third-order valence-corrected chi connectivity index (χ3v) is 4.09. The van der Waals surface area contributed by atoms with Crippen LogP contribution in [-0.2, 0) is 4.79 Å². The summed E-state index contributed by atoms with van der Waals surface area (Å²) >= 11 is 1.35. The third-order valence-electron chi connectivity index (χ3n) is 3.15. The molecule has 1 amide bonds. The lowest BCUT2D eigenvalue weighted by molar-refractivity contribution is -0.111. The number of carbonyl (C=O) groups is 1. The summed E-state index contributed by atoms with van der Waals surface area (Å²) in [5.74, 6) is -0.0892. The monoisotopic (exact) mass is 328 g/mol. The first-order chi connectivity index (χ1) is 11.2. The van der Waals surface area contributed by atoms with Gasteiger partial charge in [-0.2, -0.15) is 0 Å². The summed E-state index contributed by atoms with van der Waals surface area (Å²) in [7, 11) is 1.57. The molecule has 116 valence electrons. The molecular formula is C17H13FN2O2S. The molecule has 6 heteroatoms. The zero-order valence-electron chi connectivity index (χ0n) is 12.2. The van der Waals surface area contributed by atoms with E-state index in [9.17, 15) is 9.18 Å². The van der Waals surface area contributed by atoms with E-state index >= 15 is 0 Å². The van der Waals surface area contributed by atoms with Crippen molar-refractivity contribution in [1.29, 1.82) is 0 Å². The predicted octanol–water partition coefficient (Wildman–Crippen LogP) is 4.10. The van der Waals surface area contributed by atoms with Gasteiger partial charge in [0.25, 0.3) is 0 Å². The number of rotatable bonds is 4. The van der Waals surface area contributed by atoms with Crippen LogP contribution in [0.15, 0.2) is 48.5 Å². The standard InChI is InChI=1S/C17H13FN2O2S/c1-22-13-7-4-8-14-16(13)20-17(23-14)19-15(21)10-9-11-5-2-3-6-12(11)18/h2-10H,1H3,(H,19,20,21)/b10-9+. The van der Waals surface area contributed by atoms with Crippen LogP contribution in [0.4, 0.5) is 9.52 Å². The van der Waals surface area contributed by atoms with Gasteiger partial charge in [-0.15, -0.1) is 0 Å². The zero-order valence-corrected chi connectivity index (χ0v) is 13.1. The number of anilines is 1. The molecule has 0 bridgehead atoms. The average Bonchev–Trinajstić information content (AvgIpc) is 2.96. The second-order valence-corrected chi connectivity index (χ2v) is 5.70. The van der Waals surface area contributed by atoms with Gasteiger partial charge in [0, 0.05) is 11.6 Å². The lowest BCUT2D eigenvalue weighted by Gasteiger charge is -1.98. The lowest BCUT2D eigenvalue weighted by atomic mass is 10.2. The smallest absolute Gasteiger partial charge is 0.250 e. The van der Waals surface area contributed by atoms with Crippen molar-refractivity contribution < 1.29 is 13.9 Å². The van der Waals surface area contributed by atoms with Crippen LogP contribution >= 0.6 is 11.3 Å². The molecule has 0 saturated carbocycles. The van der Waals surface area contributed by atoms with Gasteiger partial charge in [-0.1, -0.05) is 35.6 Å². The Hall–Kier alpha value is -2.73. The molecule has 0 aliphatic rings. The summed E-state index contributed by atoms with van der Waals surface area (Å²) in [5.41, 5.74) is 1.06. The van der Waals surface area contributed by atoms with E-state index in [0.29, 0.717) is 22.0 Å². The van der Waals surface area contributed by atoms with Crippen molar-refractivity contribution in [3.05, 3.63) is 59.9 Å². The number of fused-ring (bicyclic) bond motifs is 1. The van der Waals surface area contributed by atoms with Crippen molar-refractivity contribution >= 4 is 38.7 Å². The molecule has 3 rings (SSSR count). The number of carbonyl (C=O) groups excluding carboxylic acids is 1. The summed E-state index contributed by atoms with van der Waals surface area (Å²) in [4.78, 5) is 16.3. The van der Waals surface area contributed by atoms with Crippen LogP contribution in [0, 0.1) is 5.82 Å². The van der Waals surface area contributed by atoms with E-state index < -0.39 is 0 Å². The molecule has 1 aromatic heterocycles. The Kier molecular flexibility index (Phi) is 4.34. The van der Waals surface area contributed by atoms with Gasteiger partial charge in [0.15, 0.2) is 5.13 Å². The maximum Gasteiger partial charge on any atom is 0.250 e. The Bertz CT molecular complexity index is 889. The van der Waals surface area contributed by atoms with Crippen LogP contribution in [0.1, 0.15) is 5.56 Å². The van der Waals surface area contributed by atoms with E-state index in [2.05, 4.69) is 10.3 Å².